The molecule has 1 saturated heterocycles. The molecule has 16 heavy (non-hydrogen) atoms. The van der Waals surface area contributed by atoms with Crippen LogP contribution in [0, 0.1) is 0 Å². The summed E-state index contributed by atoms with van der Waals surface area (Å²) < 4.78 is 17.6. The Hall–Kier alpha value is -1.42. The van der Waals surface area contributed by atoms with Crippen molar-refractivity contribution in [1.29, 1.82) is 0 Å². The number of nitrogens with zero attached hydrogens (tertiary/aromatic N) is 1. The first-order valence-corrected chi connectivity index (χ1v) is 5.33. The van der Waals surface area contributed by atoms with Crippen LogP contribution in [0.5, 0.6) is 0 Å². The highest BCUT2D eigenvalue weighted by atomic mass is 19.1. The normalized spacial score (nSPS) is 20.8. The SMILES string of the molecule is O=C(c1ccccc1)N1CCOC(CF)C1. The Balaban J connectivity index is 2.05. The van der Waals surface area contributed by atoms with Crippen molar-refractivity contribution in [3.8, 4) is 0 Å². The summed E-state index contributed by atoms with van der Waals surface area (Å²) in [4.78, 5) is 13.7. The zero-order chi connectivity index (χ0) is 11.4. The molecule has 1 aliphatic heterocycles. The van der Waals surface area contributed by atoms with Crippen molar-refractivity contribution >= 4 is 5.91 Å². The van der Waals surface area contributed by atoms with E-state index in [-0.39, 0.29) is 5.91 Å². The molecular formula is C12H14FNO2. The number of carbonyl (C=O) groups is 1. The Kier molecular flexibility index (Phi) is 3.51. The van der Waals surface area contributed by atoms with Gasteiger partial charge in [0.1, 0.15) is 12.8 Å². The van der Waals surface area contributed by atoms with E-state index in [1.54, 1.807) is 17.0 Å². The van der Waals surface area contributed by atoms with Crippen LogP contribution in [0.25, 0.3) is 0 Å². The maximum absolute atomic E-state index is 12.5. The Morgan fingerprint density at radius 1 is 1.44 bits per heavy atom. The van der Waals surface area contributed by atoms with E-state index in [0.29, 0.717) is 25.3 Å². The third-order valence-electron chi connectivity index (χ3n) is 2.62. The fourth-order valence-electron chi connectivity index (χ4n) is 1.76. The third kappa shape index (κ3) is 2.39. The lowest BCUT2D eigenvalue weighted by molar-refractivity contribution is -0.0310. The molecule has 0 saturated carbocycles. The number of alkyl halides is 1. The quantitative estimate of drug-likeness (QED) is 0.760. The van der Waals surface area contributed by atoms with Gasteiger partial charge in [-0.3, -0.25) is 4.79 Å². The summed E-state index contributed by atoms with van der Waals surface area (Å²) in [5.41, 5.74) is 0.641. The van der Waals surface area contributed by atoms with Gasteiger partial charge in [0, 0.05) is 18.7 Å². The topological polar surface area (TPSA) is 29.5 Å². The van der Waals surface area contributed by atoms with E-state index in [4.69, 9.17) is 4.74 Å². The summed E-state index contributed by atoms with van der Waals surface area (Å²) in [5.74, 6) is -0.0534. The molecule has 1 unspecified atom stereocenters. The van der Waals surface area contributed by atoms with Gasteiger partial charge in [0.15, 0.2) is 0 Å². The number of rotatable bonds is 2. The summed E-state index contributed by atoms with van der Waals surface area (Å²) in [7, 11) is 0. The molecule has 86 valence electrons. The van der Waals surface area contributed by atoms with E-state index in [1.165, 1.54) is 0 Å². The standard InChI is InChI=1S/C12H14FNO2/c13-8-11-9-14(6-7-16-11)12(15)10-4-2-1-3-5-10/h1-5,11H,6-9H2. The van der Waals surface area contributed by atoms with Crippen LogP contribution in [0.3, 0.4) is 0 Å². The van der Waals surface area contributed by atoms with Gasteiger partial charge in [-0.25, -0.2) is 4.39 Å². The second-order valence-electron chi connectivity index (χ2n) is 3.76. The fraction of sp³-hybridized carbons (Fsp3) is 0.417. The van der Waals surface area contributed by atoms with Crippen molar-refractivity contribution in [1.82, 2.24) is 4.90 Å². The lowest BCUT2D eigenvalue weighted by atomic mass is 10.2. The number of benzene rings is 1. The molecule has 1 atom stereocenters. The Labute approximate surface area is 93.8 Å². The number of hydrogen-bond donors (Lipinski definition) is 0. The number of hydrogen-bond acceptors (Lipinski definition) is 2. The van der Waals surface area contributed by atoms with E-state index in [9.17, 15) is 9.18 Å². The smallest absolute Gasteiger partial charge is 0.254 e. The monoisotopic (exact) mass is 223 g/mol. The highest BCUT2D eigenvalue weighted by molar-refractivity contribution is 5.94. The zero-order valence-corrected chi connectivity index (χ0v) is 8.93. The molecule has 1 aliphatic rings. The van der Waals surface area contributed by atoms with E-state index >= 15 is 0 Å². The van der Waals surface area contributed by atoms with Gasteiger partial charge < -0.3 is 9.64 Å². The van der Waals surface area contributed by atoms with Crippen molar-refractivity contribution < 1.29 is 13.9 Å². The first-order valence-electron chi connectivity index (χ1n) is 5.33. The van der Waals surface area contributed by atoms with E-state index < -0.39 is 12.8 Å². The molecule has 1 aromatic rings. The number of halogens is 1. The summed E-state index contributed by atoms with van der Waals surface area (Å²) in [6.07, 6.45) is -0.471. The highest BCUT2D eigenvalue weighted by Gasteiger charge is 2.24. The molecule has 0 N–H and O–H groups in total. The van der Waals surface area contributed by atoms with Gasteiger partial charge in [0.2, 0.25) is 0 Å². The van der Waals surface area contributed by atoms with Gasteiger partial charge in [-0.1, -0.05) is 18.2 Å². The molecule has 2 rings (SSSR count). The van der Waals surface area contributed by atoms with Crippen molar-refractivity contribution in [2.24, 2.45) is 0 Å². The van der Waals surface area contributed by atoms with Crippen LogP contribution >= 0.6 is 0 Å². The second-order valence-corrected chi connectivity index (χ2v) is 3.76. The summed E-state index contributed by atoms with van der Waals surface area (Å²) in [5, 5.41) is 0. The van der Waals surface area contributed by atoms with E-state index in [2.05, 4.69) is 0 Å². The molecule has 0 aromatic heterocycles. The summed E-state index contributed by atoms with van der Waals surface area (Å²) in [6, 6.07) is 9.03. The van der Waals surface area contributed by atoms with Gasteiger partial charge in [0.05, 0.1) is 6.61 Å². The molecule has 0 spiro atoms. The minimum Gasteiger partial charge on any atom is -0.372 e. The van der Waals surface area contributed by atoms with Crippen LogP contribution < -0.4 is 0 Å². The molecule has 0 aliphatic carbocycles. The minimum absolute atomic E-state index is 0.0534. The molecule has 4 heteroatoms. The predicted molar refractivity (Wildman–Crippen MR) is 58.1 cm³/mol. The van der Waals surface area contributed by atoms with Gasteiger partial charge in [-0.15, -0.1) is 0 Å². The fourth-order valence-corrected chi connectivity index (χ4v) is 1.76. The Bertz CT molecular complexity index is 355. The van der Waals surface area contributed by atoms with Crippen LogP contribution in [-0.2, 0) is 4.74 Å². The van der Waals surface area contributed by atoms with Crippen molar-refractivity contribution in [2.45, 2.75) is 6.10 Å². The van der Waals surface area contributed by atoms with Crippen LogP contribution in [-0.4, -0.2) is 43.3 Å². The lowest BCUT2D eigenvalue weighted by Crippen LogP contribution is -2.46. The summed E-state index contributed by atoms with van der Waals surface area (Å²) in [6.45, 7) is 0.736. The number of ether oxygens (including phenoxy) is 1. The van der Waals surface area contributed by atoms with Crippen molar-refractivity contribution in [3.63, 3.8) is 0 Å². The molecular weight excluding hydrogens is 209 g/mol. The first kappa shape index (κ1) is 11.1. The van der Waals surface area contributed by atoms with Crippen LogP contribution in [0.15, 0.2) is 30.3 Å². The molecule has 1 amide bonds. The maximum Gasteiger partial charge on any atom is 0.254 e. The molecule has 1 fully saturated rings. The van der Waals surface area contributed by atoms with Gasteiger partial charge in [-0.2, -0.15) is 0 Å². The van der Waals surface area contributed by atoms with E-state index in [1.807, 2.05) is 18.2 Å². The molecule has 1 heterocycles. The average molecular weight is 223 g/mol. The number of amides is 1. The lowest BCUT2D eigenvalue weighted by Gasteiger charge is -2.31. The summed E-state index contributed by atoms with van der Waals surface area (Å²) >= 11 is 0. The Morgan fingerprint density at radius 3 is 2.88 bits per heavy atom. The van der Waals surface area contributed by atoms with Gasteiger partial charge >= 0.3 is 0 Å². The molecule has 1 aromatic carbocycles. The third-order valence-corrected chi connectivity index (χ3v) is 2.62. The Morgan fingerprint density at radius 2 is 2.19 bits per heavy atom. The van der Waals surface area contributed by atoms with Crippen LogP contribution in [0.2, 0.25) is 0 Å². The van der Waals surface area contributed by atoms with E-state index in [0.717, 1.165) is 0 Å². The van der Waals surface area contributed by atoms with Crippen LogP contribution in [0.4, 0.5) is 4.39 Å². The number of carbonyl (C=O) groups excluding carboxylic acids is 1. The second kappa shape index (κ2) is 5.07. The van der Waals surface area contributed by atoms with Crippen LogP contribution in [0.1, 0.15) is 10.4 Å². The minimum atomic E-state index is -0.543. The zero-order valence-electron chi connectivity index (χ0n) is 8.93. The van der Waals surface area contributed by atoms with Crippen molar-refractivity contribution in [3.05, 3.63) is 35.9 Å². The molecule has 3 nitrogen and oxygen atoms in total. The molecule has 0 bridgehead atoms. The van der Waals surface area contributed by atoms with Crippen molar-refractivity contribution in [2.75, 3.05) is 26.4 Å². The maximum atomic E-state index is 12.5. The number of morpholine rings is 1. The predicted octanol–water partition coefficient (Wildman–Crippen LogP) is 1.50. The average Bonchev–Trinajstić information content (AvgIpc) is 2.39. The van der Waals surface area contributed by atoms with Gasteiger partial charge in [-0.05, 0) is 12.1 Å². The largest absolute Gasteiger partial charge is 0.372 e. The first-order chi connectivity index (χ1) is 7.81. The molecule has 0 radical (unpaired) electrons. The van der Waals surface area contributed by atoms with Gasteiger partial charge in [0.25, 0.3) is 5.91 Å². The highest BCUT2D eigenvalue weighted by Crippen LogP contribution is 2.10.